The monoisotopic (exact) mass is 242 g/mol. The van der Waals surface area contributed by atoms with Crippen LogP contribution in [0, 0.1) is 0 Å². The molecule has 3 N–H and O–H groups in total. The Bertz CT molecular complexity index is 260. The van der Waals surface area contributed by atoms with Crippen LogP contribution in [0.1, 0.15) is 25.7 Å². The maximum atomic E-state index is 12.6. The lowest BCUT2D eigenvalue weighted by molar-refractivity contribution is -0.170. The van der Waals surface area contributed by atoms with Crippen LogP contribution in [0.25, 0.3) is 0 Å². The zero-order valence-corrected chi connectivity index (χ0v) is 8.56. The lowest BCUT2D eigenvalue weighted by Gasteiger charge is -2.30. The number of hydrogen-bond acceptors (Lipinski definition) is 2. The first-order chi connectivity index (χ1) is 7.35. The van der Waals surface area contributed by atoms with E-state index in [9.17, 15) is 22.4 Å². The van der Waals surface area contributed by atoms with Gasteiger partial charge in [0.05, 0.1) is 0 Å². The van der Waals surface area contributed by atoms with E-state index >= 15 is 0 Å². The van der Waals surface area contributed by atoms with Gasteiger partial charge in [-0.2, -0.15) is 8.78 Å². The first kappa shape index (κ1) is 13.2. The van der Waals surface area contributed by atoms with Crippen molar-refractivity contribution in [3.8, 4) is 0 Å². The number of nitrogens with one attached hydrogen (secondary N) is 1. The summed E-state index contributed by atoms with van der Waals surface area (Å²) in [6.45, 7) is 0. The lowest BCUT2D eigenvalue weighted by Crippen LogP contribution is -2.55. The van der Waals surface area contributed by atoms with E-state index in [0.717, 1.165) is 12.8 Å². The Morgan fingerprint density at radius 3 is 2.38 bits per heavy atom. The Morgan fingerprint density at radius 2 is 1.88 bits per heavy atom. The molecule has 0 saturated heterocycles. The van der Waals surface area contributed by atoms with Crippen LogP contribution in [0.2, 0.25) is 0 Å². The van der Waals surface area contributed by atoms with Crippen LogP contribution < -0.4 is 11.1 Å². The van der Waals surface area contributed by atoms with E-state index in [1.54, 1.807) is 0 Å². The van der Waals surface area contributed by atoms with Gasteiger partial charge >= 0.3 is 12.3 Å². The van der Waals surface area contributed by atoms with E-state index < -0.39 is 30.3 Å². The number of rotatable bonds is 3. The number of carbonyl (C=O) groups excluding carboxylic acids is 1. The summed E-state index contributed by atoms with van der Waals surface area (Å²) >= 11 is 0. The third kappa shape index (κ3) is 2.84. The van der Waals surface area contributed by atoms with Crippen molar-refractivity contribution < 1.29 is 22.4 Å². The Morgan fingerprint density at radius 1 is 1.31 bits per heavy atom. The van der Waals surface area contributed by atoms with Gasteiger partial charge in [-0.25, -0.2) is 8.78 Å². The summed E-state index contributed by atoms with van der Waals surface area (Å²) in [5, 5.41) is 1.90. The Hall–Kier alpha value is -0.850. The van der Waals surface area contributed by atoms with Crippen LogP contribution in [-0.4, -0.2) is 30.3 Å². The number of amides is 1. The van der Waals surface area contributed by atoms with Gasteiger partial charge in [-0.05, 0) is 12.8 Å². The molecule has 0 aromatic heterocycles. The molecule has 2 atom stereocenters. The molecule has 1 aliphatic carbocycles. The molecule has 0 spiro atoms. The molecular weight excluding hydrogens is 228 g/mol. The molecule has 1 amide bonds. The molecule has 1 fully saturated rings. The van der Waals surface area contributed by atoms with Gasteiger partial charge in [0.15, 0.2) is 0 Å². The van der Waals surface area contributed by atoms with Gasteiger partial charge in [-0.1, -0.05) is 12.8 Å². The molecule has 7 heteroatoms. The van der Waals surface area contributed by atoms with Crippen molar-refractivity contribution in [1.29, 1.82) is 0 Å². The molecule has 1 aliphatic rings. The van der Waals surface area contributed by atoms with Crippen LogP contribution >= 0.6 is 0 Å². The summed E-state index contributed by atoms with van der Waals surface area (Å²) in [7, 11) is 0. The van der Waals surface area contributed by atoms with Crippen molar-refractivity contribution in [2.75, 3.05) is 0 Å². The van der Waals surface area contributed by atoms with E-state index in [4.69, 9.17) is 5.73 Å². The van der Waals surface area contributed by atoms with E-state index in [0.29, 0.717) is 12.8 Å². The summed E-state index contributed by atoms with van der Waals surface area (Å²) in [6.07, 6.45) is -1.33. The Balaban J connectivity index is 2.56. The second-order valence-corrected chi connectivity index (χ2v) is 3.95. The normalized spacial score (nSPS) is 26.9. The number of nitrogens with two attached hydrogens (primary N) is 1. The zero-order chi connectivity index (χ0) is 12.3. The second kappa shape index (κ2) is 4.99. The topological polar surface area (TPSA) is 55.1 Å². The number of carbonyl (C=O) groups is 1. The molecular formula is C9H14F4N2O. The minimum Gasteiger partial charge on any atom is -0.346 e. The molecule has 0 aromatic rings. The van der Waals surface area contributed by atoms with E-state index in [2.05, 4.69) is 0 Å². The quantitative estimate of drug-likeness (QED) is 0.732. The molecule has 0 bridgehead atoms. The smallest absolute Gasteiger partial charge is 0.346 e. The summed E-state index contributed by atoms with van der Waals surface area (Å²) in [6, 6.07) is -1.07. The minimum atomic E-state index is -4.64. The third-order valence-corrected chi connectivity index (χ3v) is 2.71. The van der Waals surface area contributed by atoms with Crippen LogP contribution in [0.15, 0.2) is 0 Å². The summed E-state index contributed by atoms with van der Waals surface area (Å²) in [5.41, 5.74) is 5.60. The minimum absolute atomic E-state index is 0.439. The largest absolute Gasteiger partial charge is 0.383 e. The van der Waals surface area contributed by atoms with E-state index in [-0.39, 0.29) is 0 Å². The van der Waals surface area contributed by atoms with E-state index in [1.165, 1.54) is 0 Å². The van der Waals surface area contributed by atoms with Gasteiger partial charge in [-0.15, -0.1) is 0 Å². The first-order valence-electron chi connectivity index (χ1n) is 5.08. The maximum absolute atomic E-state index is 12.6. The van der Waals surface area contributed by atoms with Gasteiger partial charge in [0.2, 0.25) is 0 Å². The Kier molecular flexibility index (Phi) is 4.12. The van der Waals surface area contributed by atoms with Gasteiger partial charge in [0, 0.05) is 12.1 Å². The van der Waals surface area contributed by atoms with Crippen molar-refractivity contribution in [2.24, 2.45) is 5.73 Å². The maximum Gasteiger partial charge on any atom is 0.383 e. The third-order valence-electron chi connectivity index (χ3n) is 2.71. The predicted octanol–water partition coefficient (Wildman–Crippen LogP) is 1.27. The highest BCUT2D eigenvalue weighted by Gasteiger charge is 2.49. The number of alkyl halides is 4. The molecule has 1 rings (SSSR count). The summed E-state index contributed by atoms with van der Waals surface area (Å²) < 4.78 is 49.0. The van der Waals surface area contributed by atoms with E-state index in [1.807, 2.05) is 5.32 Å². The van der Waals surface area contributed by atoms with Crippen molar-refractivity contribution >= 4 is 5.91 Å². The van der Waals surface area contributed by atoms with Crippen molar-refractivity contribution in [3.05, 3.63) is 0 Å². The van der Waals surface area contributed by atoms with Crippen molar-refractivity contribution in [2.45, 2.75) is 50.1 Å². The highest BCUT2D eigenvalue weighted by molar-refractivity contribution is 5.84. The van der Waals surface area contributed by atoms with Crippen LogP contribution in [0.5, 0.6) is 0 Å². The average molecular weight is 242 g/mol. The molecule has 1 saturated carbocycles. The van der Waals surface area contributed by atoms with Gasteiger partial charge in [0.1, 0.15) is 0 Å². The number of hydrogen-bond donors (Lipinski definition) is 2. The average Bonchev–Trinajstić information content (AvgIpc) is 2.21. The molecule has 16 heavy (non-hydrogen) atoms. The van der Waals surface area contributed by atoms with Crippen LogP contribution in [0.3, 0.4) is 0 Å². The zero-order valence-electron chi connectivity index (χ0n) is 8.56. The molecule has 0 unspecified atom stereocenters. The highest BCUT2D eigenvalue weighted by Crippen LogP contribution is 2.24. The number of halogens is 4. The fourth-order valence-electron chi connectivity index (χ4n) is 1.70. The first-order valence-corrected chi connectivity index (χ1v) is 5.08. The highest BCUT2D eigenvalue weighted by atomic mass is 19.3. The van der Waals surface area contributed by atoms with Gasteiger partial charge in [-0.3, -0.25) is 4.79 Å². The summed E-state index contributed by atoms with van der Waals surface area (Å²) in [4.78, 5) is 10.9. The Labute approximate surface area is 90.4 Å². The molecule has 94 valence electrons. The van der Waals surface area contributed by atoms with Gasteiger partial charge in [0.25, 0.3) is 5.91 Å². The lowest BCUT2D eigenvalue weighted by atomic mass is 9.91. The molecule has 0 heterocycles. The second-order valence-electron chi connectivity index (χ2n) is 3.95. The molecule has 0 radical (unpaired) electrons. The fourth-order valence-corrected chi connectivity index (χ4v) is 1.70. The molecule has 0 aromatic carbocycles. The molecule has 0 aliphatic heterocycles. The predicted molar refractivity (Wildman–Crippen MR) is 49.3 cm³/mol. The van der Waals surface area contributed by atoms with Crippen molar-refractivity contribution in [3.63, 3.8) is 0 Å². The molecule has 3 nitrogen and oxygen atoms in total. The SMILES string of the molecule is N[C@@H]1CCCC[C@H]1NC(=O)C(F)(F)C(F)F. The fraction of sp³-hybridized carbons (Fsp3) is 0.889. The van der Waals surface area contributed by atoms with Gasteiger partial charge < -0.3 is 11.1 Å². The van der Waals surface area contributed by atoms with Crippen LogP contribution in [-0.2, 0) is 4.79 Å². The summed E-state index contributed by atoms with van der Waals surface area (Å²) in [5.74, 6) is -6.58. The van der Waals surface area contributed by atoms with Crippen LogP contribution in [0.4, 0.5) is 17.6 Å². The standard InChI is InChI=1S/C9H14F4N2O/c10-7(11)9(12,13)8(16)15-6-4-2-1-3-5(6)14/h5-7H,1-4,14H2,(H,15,16)/t5-,6-/m1/s1. The van der Waals surface area contributed by atoms with Crippen molar-refractivity contribution in [1.82, 2.24) is 5.32 Å².